The number of pyridine rings is 1. The zero-order valence-corrected chi connectivity index (χ0v) is 11.4. The van der Waals surface area contributed by atoms with Crippen LogP contribution >= 0.6 is 11.6 Å². The van der Waals surface area contributed by atoms with Gasteiger partial charge in [-0.1, -0.05) is 30.3 Å². The molecule has 4 nitrogen and oxygen atoms in total. The highest BCUT2D eigenvalue weighted by molar-refractivity contribution is 6.30. The van der Waals surface area contributed by atoms with Crippen molar-refractivity contribution in [3.63, 3.8) is 0 Å². The molecule has 0 spiro atoms. The number of aromatic nitrogens is 1. The fourth-order valence-corrected chi connectivity index (χ4v) is 2.32. The summed E-state index contributed by atoms with van der Waals surface area (Å²) in [6.45, 7) is 3.92. The maximum atomic E-state index is 12.7. The van der Waals surface area contributed by atoms with Crippen LogP contribution in [-0.4, -0.2) is 17.4 Å². The van der Waals surface area contributed by atoms with Crippen molar-refractivity contribution in [3.05, 3.63) is 59.8 Å². The minimum absolute atomic E-state index is 0.123. The lowest BCUT2D eigenvalue weighted by Gasteiger charge is -2.21. The highest BCUT2D eigenvalue weighted by Gasteiger charge is 2.27. The number of benzene rings is 1. The van der Waals surface area contributed by atoms with Gasteiger partial charge < -0.3 is 5.32 Å². The molecule has 1 amide bonds. The molecule has 1 aromatic heterocycles. The molecule has 0 saturated heterocycles. The summed E-state index contributed by atoms with van der Waals surface area (Å²) in [7, 11) is 0. The number of amides is 1. The molecular formula is C15H12ClN3O. The maximum absolute atomic E-state index is 12.7. The molecule has 0 radical (unpaired) electrons. The van der Waals surface area contributed by atoms with Crippen LogP contribution in [-0.2, 0) is 0 Å². The topological polar surface area (TPSA) is 45.2 Å². The van der Waals surface area contributed by atoms with E-state index in [1.54, 1.807) is 23.2 Å². The van der Waals surface area contributed by atoms with Gasteiger partial charge in [0.2, 0.25) is 0 Å². The molecule has 0 atom stereocenters. The fraction of sp³-hybridized carbons (Fsp3) is 0.0667. The van der Waals surface area contributed by atoms with Crippen molar-refractivity contribution < 1.29 is 4.79 Å². The second kappa shape index (κ2) is 4.98. The van der Waals surface area contributed by atoms with E-state index in [-0.39, 0.29) is 12.5 Å². The van der Waals surface area contributed by atoms with Gasteiger partial charge in [0.15, 0.2) is 5.82 Å². The van der Waals surface area contributed by atoms with Crippen LogP contribution in [0.2, 0.25) is 0 Å². The number of fused-ring (bicyclic) bond motifs is 2. The molecule has 1 aromatic carbocycles. The Hall–Kier alpha value is -2.33. The lowest BCUT2D eigenvalue weighted by molar-refractivity contribution is 0.0991. The van der Waals surface area contributed by atoms with Crippen LogP contribution in [0.3, 0.4) is 0 Å². The molecule has 1 N–H and O–H groups in total. The second-order valence-corrected chi connectivity index (χ2v) is 4.98. The van der Waals surface area contributed by atoms with Crippen molar-refractivity contribution in [2.24, 2.45) is 0 Å². The van der Waals surface area contributed by atoms with Crippen molar-refractivity contribution in [1.29, 1.82) is 0 Å². The van der Waals surface area contributed by atoms with E-state index in [0.717, 1.165) is 5.69 Å². The number of para-hydroxylation sites is 1. The van der Waals surface area contributed by atoms with Crippen molar-refractivity contribution in [3.8, 4) is 0 Å². The summed E-state index contributed by atoms with van der Waals surface area (Å²) in [5.41, 5.74) is 2.01. The fourth-order valence-electron chi connectivity index (χ4n) is 2.20. The minimum atomic E-state index is -0.123. The highest BCUT2D eigenvalue weighted by atomic mass is 35.5. The SMILES string of the molecule is C=C(Cl)CN1C(=O)c2ccccc2Nc2ncccc21. The zero-order valence-electron chi connectivity index (χ0n) is 10.6. The van der Waals surface area contributed by atoms with Crippen molar-refractivity contribution in [1.82, 2.24) is 4.98 Å². The van der Waals surface area contributed by atoms with Gasteiger partial charge in [-0.15, -0.1) is 0 Å². The Morgan fingerprint density at radius 2 is 2.10 bits per heavy atom. The molecule has 2 heterocycles. The standard InChI is InChI=1S/C15H12ClN3O/c1-10(16)9-19-13-7-4-8-17-14(13)18-12-6-3-2-5-11(12)15(19)20/h2-8H,1,9H2,(H,17,18). The van der Waals surface area contributed by atoms with Gasteiger partial charge in [0, 0.05) is 11.2 Å². The molecule has 0 saturated carbocycles. The largest absolute Gasteiger partial charge is 0.338 e. The van der Waals surface area contributed by atoms with Crippen LogP contribution < -0.4 is 10.2 Å². The summed E-state index contributed by atoms with van der Waals surface area (Å²) >= 11 is 5.89. The van der Waals surface area contributed by atoms with Crippen LogP contribution in [0.4, 0.5) is 17.2 Å². The maximum Gasteiger partial charge on any atom is 0.260 e. The number of nitrogens with zero attached hydrogens (tertiary/aromatic N) is 2. The van der Waals surface area contributed by atoms with E-state index in [2.05, 4.69) is 16.9 Å². The molecule has 1 aliphatic heterocycles. The average Bonchev–Trinajstić information content (AvgIpc) is 2.55. The number of rotatable bonds is 2. The number of nitrogens with one attached hydrogen (secondary N) is 1. The van der Waals surface area contributed by atoms with E-state index in [1.165, 1.54) is 0 Å². The Balaban J connectivity index is 2.19. The summed E-state index contributed by atoms with van der Waals surface area (Å²) in [6, 6.07) is 10.9. The first-order valence-corrected chi connectivity index (χ1v) is 6.51. The van der Waals surface area contributed by atoms with Crippen LogP contribution in [0.5, 0.6) is 0 Å². The molecule has 0 bridgehead atoms. The number of carbonyl (C=O) groups excluding carboxylic acids is 1. The van der Waals surface area contributed by atoms with Gasteiger partial charge in [-0.3, -0.25) is 9.69 Å². The second-order valence-electron chi connectivity index (χ2n) is 4.45. The molecule has 0 fully saturated rings. The first-order valence-electron chi connectivity index (χ1n) is 6.13. The first kappa shape index (κ1) is 12.7. The molecule has 5 heteroatoms. The predicted molar refractivity (Wildman–Crippen MR) is 80.6 cm³/mol. The quantitative estimate of drug-likeness (QED) is 0.918. The Labute approximate surface area is 121 Å². The molecular weight excluding hydrogens is 274 g/mol. The molecule has 2 aromatic rings. The van der Waals surface area contributed by atoms with Gasteiger partial charge in [-0.05, 0) is 24.3 Å². The Bertz CT molecular complexity index is 699. The summed E-state index contributed by atoms with van der Waals surface area (Å²) in [6.07, 6.45) is 1.68. The smallest absolute Gasteiger partial charge is 0.260 e. The summed E-state index contributed by atoms with van der Waals surface area (Å²) in [5.74, 6) is 0.505. The lowest BCUT2D eigenvalue weighted by atomic mass is 10.1. The number of anilines is 3. The van der Waals surface area contributed by atoms with E-state index in [9.17, 15) is 4.79 Å². The summed E-state index contributed by atoms with van der Waals surface area (Å²) < 4.78 is 0. The molecule has 100 valence electrons. The normalized spacial score (nSPS) is 13.1. The number of halogens is 1. The van der Waals surface area contributed by atoms with E-state index >= 15 is 0 Å². The average molecular weight is 286 g/mol. The third kappa shape index (κ3) is 2.14. The van der Waals surface area contributed by atoms with Gasteiger partial charge in [0.1, 0.15) is 0 Å². The van der Waals surface area contributed by atoms with E-state index in [1.807, 2.05) is 24.3 Å². The Kier molecular flexibility index (Phi) is 3.16. The molecule has 0 aliphatic carbocycles. The number of carbonyl (C=O) groups is 1. The Morgan fingerprint density at radius 3 is 2.90 bits per heavy atom. The van der Waals surface area contributed by atoms with Crippen molar-refractivity contribution >= 4 is 34.7 Å². The van der Waals surface area contributed by atoms with Crippen LogP contribution in [0.1, 0.15) is 10.4 Å². The van der Waals surface area contributed by atoms with Gasteiger partial charge in [-0.2, -0.15) is 0 Å². The van der Waals surface area contributed by atoms with Gasteiger partial charge in [0.05, 0.1) is 23.5 Å². The van der Waals surface area contributed by atoms with Crippen molar-refractivity contribution in [2.45, 2.75) is 0 Å². The number of hydrogen-bond donors (Lipinski definition) is 1. The van der Waals surface area contributed by atoms with Gasteiger partial charge in [0.25, 0.3) is 5.91 Å². The third-order valence-electron chi connectivity index (χ3n) is 3.06. The van der Waals surface area contributed by atoms with Gasteiger partial charge in [-0.25, -0.2) is 4.98 Å². The van der Waals surface area contributed by atoms with E-state index in [0.29, 0.717) is 22.1 Å². The van der Waals surface area contributed by atoms with E-state index in [4.69, 9.17) is 11.6 Å². The molecule has 1 aliphatic rings. The summed E-state index contributed by atoms with van der Waals surface area (Å²) in [4.78, 5) is 18.6. The first-order chi connectivity index (χ1) is 9.66. The van der Waals surface area contributed by atoms with Gasteiger partial charge >= 0.3 is 0 Å². The predicted octanol–water partition coefficient (Wildman–Crippen LogP) is 3.54. The number of hydrogen-bond acceptors (Lipinski definition) is 3. The monoisotopic (exact) mass is 285 g/mol. The van der Waals surface area contributed by atoms with Crippen molar-refractivity contribution in [2.75, 3.05) is 16.8 Å². The third-order valence-corrected chi connectivity index (χ3v) is 3.18. The molecule has 20 heavy (non-hydrogen) atoms. The Morgan fingerprint density at radius 1 is 1.30 bits per heavy atom. The van der Waals surface area contributed by atoms with Crippen LogP contribution in [0, 0.1) is 0 Å². The van der Waals surface area contributed by atoms with E-state index < -0.39 is 0 Å². The highest BCUT2D eigenvalue weighted by Crippen LogP contribution is 2.34. The lowest BCUT2D eigenvalue weighted by Crippen LogP contribution is -2.31. The zero-order chi connectivity index (χ0) is 14.1. The van der Waals surface area contributed by atoms with Crippen LogP contribution in [0.15, 0.2) is 54.2 Å². The molecule has 3 rings (SSSR count). The van der Waals surface area contributed by atoms with Crippen LogP contribution in [0.25, 0.3) is 0 Å². The minimum Gasteiger partial charge on any atom is -0.338 e. The summed E-state index contributed by atoms with van der Waals surface area (Å²) in [5, 5.41) is 3.59. The molecule has 0 unspecified atom stereocenters.